The van der Waals surface area contributed by atoms with Gasteiger partial charge < -0.3 is 10.4 Å². The highest BCUT2D eigenvalue weighted by Gasteiger charge is 2.19. The third kappa shape index (κ3) is 5.29. The Labute approximate surface area is 151 Å². The number of nitrogens with zero attached hydrogens (tertiary/aromatic N) is 3. The summed E-state index contributed by atoms with van der Waals surface area (Å²) >= 11 is 6.03. The summed E-state index contributed by atoms with van der Waals surface area (Å²) in [7, 11) is 0. The highest BCUT2D eigenvalue weighted by atomic mass is 35.5. The van der Waals surface area contributed by atoms with Crippen molar-refractivity contribution in [3.05, 3.63) is 40.7 Å². The van der Waals surface area contributed by atoms with Crippen LogP contribution in [0.15, 0.2) is 24.3 Å². The molecule has 2 rings (SSSR count). The molecule has 8 heteroatoms. The molecule has 0 saturated carbocycles. The van der Waals surface area contributed by atoms with Gasteiger partial charge >= 0.3 is 5.97 Å². The third-order valence-electron chi connectivity index (χ3n) is 3.62. The standard InChI is InChI=1S/C17H21ClN4O3/c1-2-6-14-16(17(25)19-10-4-3-9-15(23)24)20-21-22(14)13-8-5-7-12(18)11-13/h5,7-8,11H,2-4,6,9-10H2,1H3,(H,19,25)(H,23,24). The monoisotopic (exact) mass is 364 g/mol. The lowest BCUT2D eigenvalue weighted by Crippen LogP contribution is -2.26. The summed E-state index contributed by atoms with van der Waals surface area (Å²) in [4.78, 5) is 22.9. The molecule has 0 radical (unpaired) electrons. The van der Waals surface area contributed by atoms with E-state index >= 15 is 0 Å². The van der Waals surface area contributed by atoms with Gasteiger partial charge in [-0.1, -0.05) is 36.2 Å². The SMILES string of the molecule is CCCc1c(C(=O)NCCCCC(=O)O)nnn1-c1cccc(Cl)c1. The summed E-state index contributed by atoms with van der Waals surface area (Å²) in [6.07, 6.45) is 2.71. The van der Waals surface area contributed by atoms with Crippen molar-refractivity contribution in [1.29, 1.82) is 0 Å². The van der Waals surface area contributed by atoms with Gasteiger partial charge in [0.15, 0.2) is 5.69 Å². The fourth-order valence-electron chi connectivity index (χ4n) is 2.44. The van der Waals surface area contributed by atoms with E-state index in [0.29, 0.717) is 36.5 Å². The first-order valence-electron chi connectivity index (χ1n) is 8.23. The number of halogens is 1. The molecule has 2 N–H and O–H groups in total. The Bertz CT molecular complexity index is 745. The number of hydrogen-bond donors (Lipinski definition) is 2. The largest absolute Gasteiger partial charge is 0.481 e. The average molecular weight is 365 g/mol. The van der Waals surface area contributed by atoms with E-state index in [1.165, 1.54) is 0 Å². The molecule has 1 heterocycles. The number of aromatic nitrogens is 3. The third-order valence-corrected chi connectivity index (χ3v) is 3.86. The van der Waals surface area contributed by atoms with Gasteiger partial charge in [0, 0.05) is 18.0 Å². The maximum Gasteiger partial charge on any atom is 0.303 e. The van der Waals surface area contributed by atoms with Crippen LogP contribution < -0.4 is 5.32 Å². The molecule has 0 bridgehead atoms. The van der Waals surface area contributed by atoms with Crippen LogP contribution in [0.3, 0.4) is 0 Å². The molecule has 25 heavy (non-hydrogen) atoms. The van der Waals surface area contributed by atoms with Gasteiger partial charge in [-0.25, -0.2) is 4.68 Å². The van der Waals surface area contributed by atoms with Crippen molar-refractivity contribution in [2.24, 2.45) is 0 Å². The van der Waals surface area contributed by atoms with E-state index in [9.17, 15) is 9.59 Å². The topological polar surface area (TPSA) is 97.1 Å². The van der Waals surface area contributed by atoms with Gasteiger partial charge in [0.1, 0.15) is 0 Å². The van der Waals surface area contributed by atoms with Crippen LogP contribution >= 0.6 is 11.6 Å². The zero-order chi connectivity index (χ0) is 18.2. The fraction of sp³-hybridized carbons (Fsp3) is 0.412. The zero-order valence-electron chi connectivity index (χ0n) is 14.0. The second kappa shape index (κ2) is 9.17. The van der Waals surface area contributed by atoms with Crippen molar-refractivity contribution < 1.29 is 14.7 Å². The van der Waals surface area contributed by atoms with Gasteiger partial charge in [0.2, 0.25) is 0 Å². The van der Waals surface area contributed by atoms with Gasteiger partial charge in [-0.15, -0.1) is 5.10 Å². The number of carboxylic acids is 1. The van der Waals surface area contributed by atoms with Crippen LogP contribution in [0.5, 0.6) is 0 Å². The van der Waals surface area contributed by atoms with Crippen molar-refractivity contribution in [2.45, 2.75) is 39.0 Å². The second-order valence-corrected chi connectivity index (χ2v) is 6.07. The number of amides is 1. The minimum absolute atomic E-state index is 0.0991. The lowest BCUT2D eigenvalue weighted by atomic mass is 10.2. The van der Waals surface area contributed by atoms with Crippen molar-refractivity contribution in [3.8, 4) is 5.69 Å². The van der Waals surface area contributed by atoms with Gasteiger partial charge in [-0.3, -0.25) is 9.59 Å². The molecule has 0 aliphatic carbocycles. The van der Waals surface area contributed by atoms with Crippen LogP contribution in [-0.2, 0) is 11.2 Å². The first kappa shape index (κ1) is 18.9. The van der Waals surface area contributed by atoms with Gasteiger partial charge in [0.25, 0.3) is 5.91 Å². The quantitative estimate of drug-likeness (QED) is 0.667. The Balaban J connectivity index is 2.10. The number of carbonyl (C=O) groups excluding carboxylic acids is 1. The van der Waals surface area contributed by atoms with Crippen LogP contribution in [0.4, 0.5) is 0 Å². The Kier molecular flexibility index (Phi) is 6.94. The molecule has 0 aliphatic heterocycles. The highest BCUT2D eigenvalue weighted by molar-refractivity contribution is 6.30. The molecule has 1 aromatic carbocycles. The molecule has 2 aromatic rings. The number of unbranched alkanes of at least 4 members (excludes halogenated alkanes) is 1. The molecular formula is C17H21ClN4O3. The van der Waals surface area contributed by atoms with E-state index in [1.807, 2.05) is 19.1 Å². The van der Waals surface area contributed by atoms with E-state index < -0.39 is 5.97 Å². The summed E-state index contributed by atoms with van der Waals surface area (Å²) in [5.41, 5.74) is 1.77. The first-order chi connectivity index (χ1) is 12.0. The molecular weight excluding hydrogens is 344 g/mol. The van der Waals surface area contributed by atoms with Crippen LogP contribution in [0.25, 0.3) is 5.69 Å². The van der Waals surface area contributed by atoms with Crippen molar-refractivity contribution in [3.63, 3.8) is 0 Å². The van der Waals surface area contributed by atoms with Crippen LogP contribution in [-0.4, -0.2) is 38.5 Å². The minimum Gasteiger partial charge on any atom is -0.481 e. The van der Waals surface area contributed by atoms with Crippen LogP contribution in [0.1, 0.15) is 48.8 Å². The second-order valence-electron chi connectivity index (χ2n) is 5.63. The van der Waals surface area contributed by atoms with Crippen molar-refractivity contribution in [2.75, 3.05) is 6.54 Å². The number of aliphatic carboxylic acids is 1. The molecule has 0 fully saturated rings. The summed E-state index contributed by atoms with van der Waals surface area (Å²) in [6.45, 7) is 2.42. The Hall–Kier alpha value is -2.41. The summed E-state index contributed by atoms with van der Waals surface area (Å²) in [5.74, 6) is -1.13. The number of carboxylic acid groups (broad SMARTS) is 1. The number of rotatable bonds is 9. The number of hydrogen-bond acceptors (Lipinski definition) is 4. The molecule has 1 amide bonds. The first-order valence-corrected chi connectivity index (χ1v) is 8.61. The van der Waals surface area contributed by atoms with E-state index in [2.05, 4.69) is 15.6 Å². The van der Waals surface area contributed by atoms with Crippen LogP contribution in [0, 0.1) is 0 Å². The molecule has 7 nitrogen and oxygen atoms in total. The number of benzene rings is 1. The number of nitrogens with one attached hydrogen (secondary N) is 1. The lowest BCUT2D eigenvalue weighted by Gasteiger charge is -2.08. The highest BCUT2D eigenvalue weighted by Crippen LogP contribution is 2.18. The summed E-state index contributed by atoms with van der Waals surface area (Å²) in [6, 6.07) is 7.21. The van der Waals surface area contributed by atoms with E-state index in [4.69, 9.17) is 16.7 Å². The molecule has 0 aliphatic rings. The lowest BCUT2D eigenvalue weighted by molar-refractivity contribution is -0.137. The Morgan fingerprint density at radius 2 is 2.12 bits per heavy atom. The molecule has 0 unspecified atom stereocenters. The van der Waals surface area contributed by atoms with Gasteiger partial charge in [0.05, 0.1) is 11.4 Å². The summed E-state index contributed by atoms with van der Waals surface area (Å²) < 4.78 is 1.63. The number of carbonyl (C=O) groups is 2. The molecule has 0 saturated heterocycles. The normalized spacial score (nSPS) is 10.6. The molecule has 1 aromatic heterocycles. The smallest absolute Gasteiger partial charge is 0.303 e. The summed E-state index contributed by atoms with van der Waals surface area (Å²) in [5, 5.41) is 20.1. The predicted octanol–water partition coefficient (Wildman–Crippen LogP) is 2.86. The van der Waals surface area contributed by atoms with E-state index in [-0.39, 0.29) is 12.3 Å². The van der Waals surface area contributed by atoms with Crippen molar-refractivity contribution >= 4 is 23.5 Å². The Morgan fingerprint density at radius 3 is 2.80 bits per heavy atom. The predicted molar refractivity (Wildman–Crippen MR) is 94.2 cm³/mol. The van der Waals surface area contributed by atoms with Gasteiger partial charge in [-0.2, -0.15) is 0 Å². The van der Waals surface area contributed by atoms with Crippen molar-refractivity contribution in [1.82, 2.24) is 20.3 Å². The van der Waals surface area contributed by atoms with Gasteiger partial charge in [-0.05, 0) is 37.5 Å². The maximum atomic E-state index is 12.4. The zero-order valence-corrected chi connectivity index (χ0v) is 14.8. The molecule has 134 valence electrons. The molecule has 0 spiro atoms. The average Bonchev–Trinajstić information content (AvgIpc) is 2.98. The Morgan fingerprint density at radius 1 is 1.32 bits per heavy atom. The maximum absolute atomic E-state index is 12.4. The van der Waals surface area contributed by atoms with E-state index in [0.717, 1.165) is 17.8 Å². The fourth-order valence-corrected chi connectivity index (χ4v) is 2.63. The molecule has 0 atom stereocenters. The van der Waals surface area contributed by atoms with E-state index in [1.54, 1.807) is 16.8 Å². The minimum atomic E-state index is -0.832. The van der Waals surface area contributed by atoms with Crippen LogP contribution in [0.2, 0.25) is 5.02 Å².